The van der Waals surface area contributed by atoms with Crippen LogP contribution in [0.3, 0.4) is 0 Å². The van der Waals surface area contributed by atoms with Crippen LogP contribution >= 0.6 is 0 Å². The molecule has 1 amide bonds. The summed E-state index contributed by atoms with van der Waals surface area (Å²) in [6.45, 7) is 1.30. The topological polar surface area (TPSA) is 68.3 Å². The van der Waals surface area contributed by atoms with Crippen molar-refractivity contribution in [2.24, 2.45) is 0 Å². The highest BCUT2D eigenvalue weighted by Gasteiger charge is 2.26. The Labute approximate surface area is 118 Å². The highest BCUT2D eigenvalue weighted by Crippen LogP contribution is 2.21. The zero-order chi connectivity index (χ0) is 14.4. The second-order valence-corrected chi connectivity index (χ2v) is 5.12. The summed E-state index contributed by atoms with van der Waals surface area (Å²) in [7, 11) is 0. The van der Waals surface area contributed by atoms with Crippen molar-refractivity contribution in [3.63, 3.8) is 0 Å². The highest BCUT2D eigenvalue weighted by molar-refractivity contribution is 5.84. The SMILES string of the molecule is CC(=O)OC(C(=O)NC1CCCCC1)c1cccnc1. The fourth-order valence-electron chi connectivity index (χ4n) is 2.49. The molecule has 5 heteroatoms. The van der Waals surface area contributed by atoms with E-state index in [0.717, 1.165) is 25.7 Å². The first kappa shape index (κ1) is 14.5. The Hall–Kier alpha value is -1.91. The number of hydrogen-bond donors (Lipinski definition) is 1. The van der Waals surface area contributed by atoms with Crippen LogP contribution < -0.4 is 5.32 Å². The lowest BCUT2D eigenvalue weighted by atomic mass is 9.95. The number of rotatable bonds is 4. The molecule has 1 saturated carbocycles. The minimum atomic E-state index is -0.914. The van der Waals surface area contributed by atoms with Crippen molar-refractivity contribution in [2.45, 2.75) is 51.2 Å². The lowest BCUT2D eigenvalue weighted by Gasteiger charge is -2.25. The van der Waals surface area contributed by atoms with Crippen LogP contribution in [0.25, 0.3) is 0 Å². The van der Waals surface area contributed by atoms with Crippen LogP contribution in [0, 0.1) is 0 Å². The Balaban J connectivity index is 2.05. The largest absolute Gasteiger partial charge is 0.447 e. The number of nitrogens with zero attached hydrogens (tertiary/aromatic N) is 1. The van der Waals surface area contributed by atoms with Crippen LogP contribution in [-0.4, -0.2) is 22.9 Å². The lowest BCUT2D eigenvalue weighted by molar-refractivity contribution is -0.154. The summed E-state index contributed by atoms with van der Waals surface area (Å²) in [5.41, 5.74) is 0.594. The Morgan fingerprint density at radius 1 is 1.35 bits per heavy atom. The van der Waals surface area contributed by atoms with Gasteiger partial charge in [0.05, 0.1) is 0 Å². The van der Waals surface area contributed by atoms with Gasteiger partial charge >= 0.3 is 5.97 Å². The second-order valence-electron chi connectivity index (χ2n) is 5.12. The zero-order valence-electron chi connectivity index (χ0n) is 11.7. The maximum atomic E-state index is 12.3. The molecule has 0 spiro atoms. The molecule has 108 valence electrons. The van der Waals surface area contributed by atoms with Crippen molar-refractivity contribution in [3.05, 3.63) is 30.1 Å². The standard InChI is InChI=1S/C15H20N2O3/c1-11(18)20-14(12-6-5-9-16-10-12)15(19)17-13-7-3-2-4-8-13/h5-6,9-10,13-14H,2-4,7-8H2,1H3,(H,17,19). The van der Waals surface area contributed by atoms with E-state index in [1.165, 1.54) is 13.3 Å². The molecular formula is C15H20N2O3. The summed E-state index contributed by atoms with van der Waals surface area (Å²) in [5.74, 6) is -0.738. The molecule has 1 aromatic rings. The normalized spacial score (nSPS) is 17.2. The van der Waals surface area contributed by atoms with Gasteiger partial charge in [0, 0.05) is 30.9 Å². The van der Waals surface area contributed by atoms with E-state index >= 15 is 0 Å². The number of carbonyl (C=O) groups is 2. The molecule has 1 N–H and O–H groups in total. The molecule has 1 heterocycles. The monoisotopic (exact) mass is 276 g/mol. The number of carbonyl (C=O) groups excluding carboxylic acids is 2. The lowest BCUT2D eigenvalue weighted by Crippen LogP contribution is -2.40. The maximum Gasteiger partial charge on any atom is 0.303 e. The van der Waals surface area contributed by atoms with Crippen molar-refractivity contribution >= 4 is 11.9 Å². The third-order valence-electron chi connectivity index (χ3n) is 3.46. The van der Waals surface area contributed by atoms with Gasteiger partial charge in [0.25, 0.3) is 5.91 Å². The maximum absolute atomic E-state index is 12.3. The van der Waals surface area contributed by atoms with Crippen molar-refractivity contribution in [1.29, 1.82) is 0 Å². The van der Waals surface area contributed by atoms with Crippen LogP contribution in [-0.2, 0) is 14.3 Å². The summed E-state index contributed by atoms with van der Waals surface area (Å²) >= 11 is 0. The first-order valence-corrected chi connectivity index (χ1v) is 7.04. The van der Waals surface area contributed by atoms with E-state index < -0.39 is 12.1 Å². The predicted octanol–water partition coefficient (Wildman–Crippen LogP) is 2.13. The number of pyridine rings is 1. The molecule has 1 aliphatic carbocycles. The molecule has 0 aliphatic heterocycles. The van der Waals surface area contributed by atoms with Crippen LogP contribution in [0.4, 0.5) is 0 Å². The van der Waals surface area contributed by atoms with Gasteiger partial charge < -0.3 is 10.1 Å². The Morgan fingerprint density at radius 3 is 2.70 bits per heavy atom. The van der Waals surface area contributed by atoms with Crippen molar-refractivity contribution in [2.75, 3.05) is 0 Å². The number of hydrogen-bond acceptors (Lipinski definition) is 4. The smallest absolute Gasteiger partial charge is 0.303 e. The predicted molar refractivity (Wildman–Crippen MR) is 73.8 cm³/mol. The van der Waals surface area contributed by atoms with Gasteiger partial charge in [0.15, 0.2) is 0 Å². The Kier molecular flexibility index (Phi) is 5.09. The zero-order valence-corrected chi connectivity index (χ0v) is 11.7. The number of ether oxygens (including phenoxy) is 1. The molecule has 1 atom stereocenters. The van der Waals surface area contributed by atoms with E-state index in [0.29, 0.717) is 5.56 Å². The van der Waals surface area contributed by atoms with Crippen LogP contribution in [0.2, 0.25) is 0 Å². The molecule has 0 saturated heterocycles. The second kappa shape index (κ2) is 7.03. The van der Waals surface area contributed by atoms with E-state index in [-0.39, 0.29) is 11.9 Å². The fraction of sp³-hybridized carbons (Fsp3) is 0.533. The summed E-state index contributed by atoms with van der Waals surface area (Å²) in [5, 5.41) is 2.98. The quantitative estimate of drug-likeness (QED) is 0.855. The van der Waals surface area contributed by atoms with E-state index in [9.17, 15) is 9.59 Å². The van der Waals surface area contributed by atoms with Gasteiger partial charge in [-0.1, -0.05) is 25.3 Å². The third-order valence-corrected chi connectivity index (χ3v) is 3.46. The van der Waals surface area contributed by atoms with E-state index in [4.69, 9.17) is 4.74 Å². The van der Waals surface area contributed by atoms with Crippen molar-refractivity contribution < 1.29 is 14.3 Å². The molecule has 1 aromatic heterocycles. The first-order valence-electron chi connectivity index (χ1n) is 7.04. The Morgan fingerprint density at radius 2 is 2.10 bits per heavy atom. The molecule has 1 aliphatic rings. The third kappa shape index (κ3) is 4.05. The molecule has 1 fully saturated rings. The summed E-state index contributed by atoms with van der Waals surface area (Å²) in [6, 6.07) is 3.65. The van der Waals surface area contributed by atoms with Gasteiger partial charge in [-0.3, -0.25) is 14.6 Å². The van der Waals surface area contributed by atoms with Crippen LogP contribution in [0.15, 0.2) is 24.5 Å². The van der Waals surface area contributed by atoms with E-state index in [2.05, 4.69) is 10.3 Å². The highest BCUT2D eigenvalue weighted by atomic mass is 16.5. The molecule has 0 aromatic carbocycles. The van der Waals surface area contributed by atoms with Crippen LogP contribution in [0.1, 0.15) is 50.7 Å². The summed E-state index contributed by atoms with van der Waals surface area (Å²) in [6.07, 6.45) is 7.73. The van der Waals surface area contributed by atoms with Gasteiger partial charge in [0.1, 0.15) is 0 Å². The average molecular weight is 276 g/mol. The Bertz CT molecular complexity index is 455. The minimum absolute atomic E-state index is 0.186. The van der Waals surface area contributed by atoms with Gasteiger partial charge in [-0.15, -0.1) is 0 Å². The van der Waals surface area contributed by atoms with Gasteiger partial charge in [-0.05, 0) is 18.9 Å². The van der Waals surface area contributed by atoms with E-state index in [1.54, 1.807) is 24.5 Å². The minimum Gasteiger partial charge on any atom is -0.447 e. The van der Waals surface area contributed by atoms with Crippen molar-refractivity contribution in [3.8, 4) is 0 Å². The molecule has 20 heavy (non-hydrogen) atoms. The summed E-state index contributed by atoms with van der Waals surface area (Å²) in [4.78, 5) is 27.5. The molecule has 0 radical (unpaired) electrons. The molecule has 1 unspecified atom stereocenters. The molecule has 2 rings (SSSR count). The van der Waals surface area contributed by atoms with Gasteiger partial charge in [-0.2, -0.15) is 0 Å². The first-order chi connectivity index (χ1) is 9.66. The number of amides is 1. The number of nitrogens with one attached hydrogen (secondary N) is 1. The van der Waals surface area contributed by atoms with Gasteiger partial charge in [-0.25, -0.2) is 0 Å². The average Bonchev–Trinajstić information content (AvgIpc) is 2.46. The van der Waals surface area contributed by atoms with Gasteiger partial charge in [0.2, 0.25) is 6.10 Å². The fourth-order valence-corrected chi connectivity index (χ4v) is 2.49. The molecule has 0 bridgehead atoms. The number of aromatic nitrogens is 1. The molecular weight excluding hydrogens is 256 g/mol. The van der Waals surface area contributed by atoms with Crippen molar-refractivity contribution in [1.82, 2.24) is 10.3 Å². The van der Waals surface area contributed by atoms with E-state index in [1.807, 2.05) is 0 Å². The number of esters is 1. The molecule has 5 nitrogen and oxygen atoms in total. The van der Waals surface area contributed by atoms with Crippen LogP contribution in [0.5, 0.6) is 0 Å². The summed E-state index contributed by atoms with van der Waals surface area (Å²) < 4.78 is 5.15.